The number of H-pyrrole nitrogens is 1. The van der Waals surface area contributed by atoms with Crippen molar-refractivity contribution >= 4 is 34.9 Å². The summed E-state index contributed by atoms with van der Waals surface area (Å²) >= 11 is 5.42. The second kappa shape index (κ2) is 9.34. The predicted molar refractivity (Wildman–Crippen MR) is 123 cm³/mol. The molecule has 2 heterocycles. The molecule has 0 spiro atoms. The molecule has 2 aromatic rings. The maximum absolute atomic E-state index is 13.0. The third-order valence-electron chi connectivity index (χ3n) is 6.65. The number of hydrogen-bond donors (Lipinski definition) is 2. The Balaban J connectivity index is 1.49. The molecule has 1 aromatic carbocycles. The van der Waals surface area contributed by atoms with Crippen LogP contribution < -0.4 is 10.9 Å². The highest BCUT2D eigenvalue weighted by Gasteiger charge is 2.23. The number of carbonyl (C=O) groups is 2. The molecular weight excluding hydrogens is 412 g/mol. The summed E-state index contributed by atoms with van der Waals surface area (Å²) in [6.45, 7) is 4.07. The lowest BCUT2D eigenvalue weighted by Gasteiger charge is -2.29. The molecule has 1 aromatic heterocycles. The largest absolute Gasteiger partial charge is 0.349 e. The molecule has 0 unspecified atom stereocenters. The SMILES string of the molecule is C[C@@H]1CCCC[C@H]1NC(=O)c1ccc2c(=O)n(CCCN3CCCC3=O)c(=S)[nH]c2c1. The molecule has 2 fully saturated rings. The Morgan fingerprint density at radius 2 is 2.00 bits per heavy atom. The van der Waals surface area contributed by atoms with Crippen LogP contribution in [0.3, 0.4) is 0 Å². The highest BCUT2D eigenvalue weighted by atomic mass is 32.1. The summed E-state index contributed by atoms with van der Waals surface area (Å²) in [5.74, 6) is 0.552. The molecule has 8 heteroatoms. The molecule has 4 rings (SSSR count). The number of rotatable bonds is 6. The number of fused-ring (bicyclic) bond motifs is 1. The molecule has 0 bridgehead atoms. The van der Waals surface area contributed by atoms with Crippen LogP contribution in [0, 0.1) is 10.7 Å². The van der Waals surface area contributed by atoms with Crippen molar-refractivity contribution in [1.82, 2.24) is 19.8 Å². The van der Waals surface area contributed by atoms with E-state index in [4.69, 9.17) is 12.2 Å². The van der Waals surface area contributed by atoms with Crippen molar-refractivity contribution in [2.45, 2.75) is 64.5 Å². The van der Waals surface area contributed by atoms with Gasteiger partial charge in [-0.2, -0.15) is 0 Å². The molecule has 7 nitrogen and oxygen atoms in total. The predicted octanol–water partition coefficient (Wildman–Crippen LogP) is 3.38. The molecule has 31 heavy (non-hydrogen) atoms. The standard InChI is InChI=1S/C23H30N4O3S/c1-15-6-2-3-7-18(15)24-21(29)16-9-10-17-19(14-16)25-23(31)27(22(17)30)13-5-12-26-11-4-8-20(26)28/h9-10,14-15,18H,2-8,11-13H2,1H3,(H,24,29)(H,25,31)/t15-,18-/m1/s1. The monoisotopic (exact) mass is 442 g/mol. The Bertz CT molecular complexity index is 1110. The van der Waals surface area contributed by atoms with Crippen LogP contribution >= 0.6 is 12.2 Å². The van der Waals surface area contributed by atoms with Gasteiger partial charge in [-0.1, -0.05) is 19.8 Å². The van der Waals surface area contributed by atoms with Crippen molar-refractivity contribution in [1.29, 1.82) is 0 Å². The molecule has 2 amide bonds. The quantitative estimate of drug-likeness (QED) is 0.672. The van der Waals surface area contributed by atoms with E-state index in [1.54, 1.807) is 22.8 Å². The van der Waals surface area contributed by atoms with E-state index >= 15 is 0 Å². The summed E-state index contributed by atoms with van der Waals surface area (Å²) in [7, 11) is 0. The second-order valence-corrected chi connectivity index (χ2v) is 9.21. The van der Waals surface area contributed by atoms with Gasteiger partial charge in [0.15, 0.2) is 4.77 Å². The van der Waals surface area contributed by atoms with Crippen molar-refractivity contribution in [2.24, 2.45) is 5.92 Å². The topological polar surface area (TPSA) is 87.2 Å². The van der Waals surface area contributed by atoms with E-state index in [1.165, 1.54) is 6.42 Å². The highest BCUT2D eigenvalue weighted by molar-refractivity contribution is 7.71. The van der Waals surface area contributed by atoms with E-state index in [9.17, 15) is 14.4 Å². The average molecular weight is 443 g/mol. The smallest absolute Gasteiger partial charge is 0.262 e. The number of aromatic nitrogens is 2. The second-order valence-electron chi connectivity index (χ2n) is 8.83. The van der Waals surface area contributed by atoms with Gasteiger partial charge in [-0.05, 0) is 62.0 Å². The summed E-state index contributed by atoms with van der Waals surface area (Å²) in [6.07, 6.45) is 6.72. The van der Waals surface area contributed by atoms with Crippen LogP contribution in [0.4, 0.5) is 0 Å². The number of aromatic amines is 1. The third kappa shape index (κ3) is 4.74. The first-order valence-electron chi connectivity index (χ1n) is 11.3. The lowest BCUT2D eigenvalue weighted by Crippen LogP contribution is -2.41. The molecule has 1 aliphatic heterocycles. The molecule has 2 aliphatic rings. The minimum atomic E-state index is -0.167. The number of nitrogens with zero attached hydrogens (tertiary/aromatic N) is 2. The Hall–Kier alpha value is -2.48. The Kier molecular flexibility index (Phi) is 6.55. The minimum Gasteiger partial charge on any atom is -0.349 e. The Morgan fingerprint density at radius 1 is 1.19 bits per heavy atom. The number of hydrogen-bond acceptors (Lipinski definition) is 4. The first-order chi connectivity index (χ1) is 14.9. The van der Waals surface area contributed by atoms with Crippen molar-refractivity contribution in [3.63, 3.8) is 0 Å². The Labute approximate surface area is 186 Å². The lowest BCUT2D eigenvalue weighted by molar-refractivity contribution is -0.127. The van der Waals surface area contributed by atoms with E-state index in [1.807, 2.05) is 4.90 Å². The van der Waals surface area contributed by atoms with Crippen molar-refractivity contribution in [2.75, 3.05) is 13.1 Å². The zero-order valence-corrected chi connectivity index (χ0v) is 18.8. The zero-order valence-electron chi connectivity index (χ0n) is 18.0. The normalized spacial score (nSPS) is 21.6. The number of carbonyl (C=O) groups excluding carboxylic acids is 2. The molecule has 0 radical (unpaired) electrons. The van der Waals surface area contributed by atoms with Crippen LogP contribution in [-0.2, 0) is 11.3 Å². The van der Waals surface area contributed by atoms with E-state index in [0.717, 1.165) is 32.2 Å². The van der Waals surface area contributed by atoms with Gasteiger partial charge in [0.1, 0.15) is 0 Å². The minimum absolute atomic E-state index is 0.112. The van der Waals surface area contributed by atoms with Gasteiger partial charge < -0.3 is 15.2 Å². The van der Waals surface area contributed by atoms with E-state index in [-0.39, 0.29) is 23.4 Å². The molecule has 2 N–H and O–H groups in total. The molecule has 1 saturated carbocycles. The number of benzene rings is 1. The fraction of sp³-hybridized carbons (Fsp3) is 0.565. The van der Waals surface area contributed by atoms with Gasteiger partial charge in [-0.25, -0.2) is 0 Å². The maximum atomic E-state index is 13.0. The summed E-state index contributed by atoms with van der Waals surface area (Å²) in [4.78, 5) is 42.5. The van der Waals surface area contributed by atoms with Crippen molar-refractivity contribution in [3.05, 3.63) is 38.9 Å². The molecule has 1 aliphatic carbocycles. The third-order valence-corrected chi connectivity index (χ3v) is 6.98. The van der Waals surface area contributed by atoms with E-state index in [0.29, 0.717) is 53.1 Å². The number of likely N-dealkylation sites (tertiary alicyclic amines) is 1. The van der Waals surface area contributed by atoms with Crippen LogP contribution in [-0.4, -0.2) is 45.4 Å². The van der Waals surface area contributed by atoms with Crippen LogP contribution in [0.1, 0.15) is 62.2 Å². The fourth-order valence-corrected chi connectivity index (χ4v) is 5.03. The molecular formula is C23H30N4O3S. The van der Waals surface area contributed by atoms with Crippen molar-refractivity contribution < 1.29 is 9.59 Å². The van der Waals surface area contributed by atoms with Gasteiger partial charge in [0.2, 0.25) is 5.91 Å². The van der Waals surface area contributed by atoms with Gasteiger partial charge in [0.25, 0.3) is 11.5 Å². The van der Waals surface area contributed by atoms with Gasteiger partial charge in [0, 0.05) is 37.7 Å². The van der Waals surface area contributed by atoms with E-state index < -0.39 is 0 Å². The summed E-state index contributed by atoms with van der Waals surface area (Å²) in [5.41, 5.74) is 0.935. The first-order valence-corrected chi connectivity index (χ1v) is 11.7. The Morgan fingerprint density at radius 3 is 2.74 bits per heavy atom. The number of nitrogens with one attached hydrogen (secondary N) is 2. The van der Waals surface area contributed by atoms with Gasteiger partial charge in [-0.15, -0.1) is 0 Å². The highest BCUT2D eigenvalue weighted by Crippen LogP contribution is 2.24. The van der Waals surface area contributed by atoms with E-state index in [2.05, 4.69) is 17.2 Å². The molecule has 1 saturated heterocycles. The maximum Gasteiger partial charge on any atom is 0.262 e. The van der Waals surface area contributed by atoms with Crippen LogP contribution in [0.15, 0.2) is 23.0 Å². The first kappa shape index (κ1) is 21.7. The summed E-state index contributed by atoms with van der Waals surface area (Å²) < 4.78 is 1.88. The fourth-order valence-electron chi connectivity index (χ4n) is 4.74. The van der Waals surface area contributed by atoms with Gasteiger partial charge in [0.05, 0.1) is 10.9 Å². The van der Waals surface area contributed by atoms with Gasteiger partial charge in [-0.3, -0.25) is 19.0 Å². The van der Waals surface area contributed by atoms with Crippen LogP contribution in [0.2, 0.25) is 0 Å². The van der Waals surface area contributed by atoms with Crippen LogP contribution in [0.25, 0.3) is 10.9 Å². The number of amides is 2. The van der Waals surface area contributed by atoms with Crippen molar-refractivity contribution in [3.8, 4) is 0 Å². The van der Waals surface area contributed by atoms with Crippen LogP contribution in [0.5, 0.6) is 0 Å². The lowest BCUT2D eigenvalue weighted by atomic mass is 9.86. The summed E-state index contributed by atoms with van der Waals surface area (Å²) in [6, 6.07) is 5.31. The molecule has 166 valence electrons. The van der Waals surface area contributed by atoms with Gasteiger partial charge >= 0.3 is 0 Å². The zero-order chi connectivity index (χ0) is 22.0. The average Bonchev–Trinajstić information content (AvgIpc) is 3.16. The summed E-state index contributed by atoms with van der Waals surface area (Å²) in [5, 5.41) is 3.66. The molecule has 2 atom stereocenters.